The zero-order valence-electron chi connectivity index (χ0n) is 25.0. The molecule has 0 atom stereocenters. The summed E-state index contributed by atoms with van der Waals surface area (Å²) in [6.45, 7) is 0. The van der Waals surface area contributed by atoms with Crippen LogP contribution in [0.1, 0.15) is 0 Å². The minimum Gasteiger partial charge on any atom is -0.356 e. The van der Waals surface area contributed by atoms with Crippen molar-refractivity contribution in [2.75, 3.05) is 21.3 Å². The molecule has 0 saturated heterocycles. The summed E-state index contributed by atoms with van der Waals surface area (Å²) in [7, 11) is 0. The Bertz CT molecular complexity index is 1560. The summed E-state index contributed by atoms with van der Waals surface area (Å²) in [5.41, 5.74) is 0. The molecule has 6 heterocycles. The first-order valence-corrected chi connectivity index (χ1v) is 13.6. The third-order valence-corrected chi connectivity index (χ3v) is 5.18. The Morgan fingerprint density at radius 3 is 0.755 bits per heavy atom. The van der Waals surface area contributed by atoms with E-state index in [0.717, 1.165) is 46.5 Å². The van der Waals surface area contributed by atoms with E-state index in [1.165, 1.54) is 0 Å². The van der Waals surface area contributed by atoms with Gasteiger partial charge in [-0.3, -0.25) is 0 Å². The maximum atomic E-state index is 8.25. The summed E-state index contributed by atoms with van der Waals surface area (Å²) in [5, 5.41) is 42.1. The van der Waals surface area contributed by atoms with Crippen LogP contribution in [0.2, 0.25) is 0 Å². The van der Waals surface area contributed by atoms with Crippen molar-refractivity contribution in [1.29, 1.82) is 0 Å². The molecule has 0 aliphatic carbocycles. The Kier molecular flexibility index (Phi) is 16.9. The van der Waals surface area contributed by atoms with Crippen LogP contribution in [-0.2, 0) is 16.5 Å². The normalized spacial score (nSPS) is 9.14. The molecule has 0 amide bonds. The molecule has 0 spiro atoms. The molecule has 0 radical (unpaired) electrons. The van der Waals surface area contributed by atoms with Gasteiger partial charge in [-0.05, 0) is 72.8 Å². The van der Waals surface area contributed by atoms with Crippen molar-refractivity contribution < 1.29 is 26.7 Å². The molecule has 0 aliphatic rings. The molecule has 0 saturated carbocycles. The summed E-state index contributed by atoms with van der Waals surface area (Å²) in [6.07, 6.45) is 6.94. The number of aromatic nitrogens is 6. The maximum absolute atomic E-state index is 8.25. The molecular weight excluding hydrogens is 683 g/mol. The van der Waals surface area contributed by atoms with Gasteiger partial charge in [0, 0.05) is 24.8 Å². The second-order valence-corrected chi connectivity index (χ2v) is 8.62. The van der Waals surface area contributed by atoms with Gasteiger partial charge in [0.15, 0.2) is 0 Å². The fourth-order valence-electron chi connectivity index (χ4n) is 3.42. The van der Waals surface area contributed by atoms with Gasteiger partial charge in [-0.1, -0.05) is 36.4 Å². The summed E-state index contributed by atoms with van der Waals surface area (Å²) in [6, 6.07) is 34.1. The number of nitrogens with zero attached hydrogens (tertiary/aromatic N) is 8. The van der Waals surface area contributed by atoms with Crippen LogP contribution < -0.4 is 21.3 Å². The summed E-state index contributed by atoms with van der Waals surface area (Å²) < 4.78 is 0. The van der Waals surface area contributed by atoms with Crippen molar-refractivity contribution in [2.24, 2.45) is 0 Å². The van der Waals surface area contributed by atoms with Gasteiger partial charge in [-0.25, -0.2) is 29.9 Å². The molecule has 6 aromatic rings. The first-order valence-electron chi connectivity index (χ1n) is 13.6. The Labute approximate surface area is 288 Å². The minimum absolute atomic E-state index is 0. The summed E-state index contributed by atoms with van der Waals surface area (Å²) >= 11 is 0. The Balaban J connectivity index is 0.000000275. The predicted molar refractivity (Wildman–Crippen MR) is 179 cm³/mol. The summed E-state index contributed by atoms with van der Waals surface area (Å²) in [5.74, 6) is 5.94. The van der Waals surface area contributed by atoms with Gasteiger partial charge in [0.2, 0.25) is 0 Å². The number of rotatable bonds is 8. The zero-order valence-corrected chi connectivity index (χ0v) is 26.0. The van der Waals surface area contributed by atoms with Gasteiger partial charge < -0.3 is 51.9 Å². The van der Waals surface area contributed by atoms with E-state index in [2.05, 4.69) is 51.2 Å². The van der Waals surface area contributed by atoms with Gasteiger partial charge in [0.05, 0.1) is 10.2 Å². The van der Waals surface area contributed by atoms with Crippen molar-refractivity contribution in [1.82, 2.24) is 29.9 Å². The van der Waals surface area contributed by atoms with Gasteiger partial charge >= 0.3 is 16.5 Å². The molecule has 4 N–H and O–H groups in total. The van der Waals surface area contributed by atoms with E-state index >= 15 is 0 Å². The van der Waals surface area contributed by atoms with E-state index in [0.29, 0.717) is 0 Å². The molecule has 0 aliphatic heterocycles. The van der Waals surface area contributed by atoms with Crippen molar-refractivity contribution in [3.05, 3.63) is 165 Å². The van der Waals surface area contributed by atoms with Crippen LogP contribution in [0, 0.1) is 30.6 Å². The topological polar surface area (TPSA) is 258 Å². The molecule has 18 nitrogen and oxygen atoms in total. The van der Waals surface area contributed by atoms with Crippen molar-refractivity contribution >= 4 is 46.5 Å². The number of anilines is 8. The largest absolute Gasteiger partial charge is 2.00 e. The fraction of sp³-hybridized carbons (Fsp3) is 0. The van der Waals surface area contributed by atoms with E-state index in [1.807, 2.05) is 109 Å². The van der Waals surface area contributed by atoms with Gasteiger partial charge in [-0.15, -0.1) is 0 Å². The van der Waals surface area contributed by atoms with Crippen molar-refractivity contribution in [3.8, 4) is 0 Å². The smallest absolute Gasteiger partial charge is 0.356 e. The van der Waals surface area contributed by atoms with E-state index in [1.54, 1.807) is 24.8 Å². The van der Waals surface area contributed by atoms with Crippen LogP contribution >= 0.6 is 0 Å². The minimum atomic E-state index is -1.75. The molecule has 0 bridgehead atoms. The Morgan fingerprint density at radius 1 is 0.367 bits per heavy atom. The average Bonchev–Trinajstić information content (AvgIpc) is 3.07. The number of hydrogen-bond acceptors (Lipinski definition) is 16. The molecule has 49 heavy (non-hydrogen) atoms. The fourth-order valence-corrected chi connectivity index (χ4v) is 3.42. The molecular formula is C30H26N12NiO6. The van der Waals surface area contributed by atoms with Crippen molar-refractivity contribution in [2.45, 2.75) is 0 Å². The molecule has 0 aromatic carbocycles. The second-order valence-electron chi connectivity index (χ2n) is 8.62. The predicted octanol–water partition coefficient (Wildman–Crippen LogP) is 6.24. The van der Waals surface area contributed by atoms with E-state index in [-0.39, 0.29) is 16.5 Å². The van der Waals surface area contributed by atoms with E-state index in [4.69, 9.17) is 30.6 Å². The van der Waals surface area contributed by atoms with Crippen LogP contribution in [0.15, 0.2) is 134 Å². The molecule has 0 fully saturated rings. The monoisotopic (exact) mass is 708 g/mol. The first kappa shape index (κ1) is 38.2. The van der Waals surface area contributed by atoms with Crippen molar-refractivity contribution in [3.63, 3.8) is 0 Å². The van der Waals surface area contributed by atoms with Gasteiger partial charge in [0.1, 0.15) is 46.5 Å². The van der Waals surface area contributed by atoms with E-state index < -0.39 is 10.2 Å². The summed E-state index contributed by atoms with van der Waals surface area (Å²) in [4.78, 5) is 42.2. The molecule has 252 valence electrons. The third-order valence-electron chi connectivity index (χ3n) is 5.18. The molecule has 6 rings (SSSR count). The average molecular weight is 709 g/mol. The molecule has 6 aromatic heterocycles. The quantitative estimate of drug-likeness (QED) is 0.0774. The molecule has 19 heteroatoms. The zero-order chi connectivity index (χ0) is 34.4. The third kappa shape index (κ3) is 16.8. The van der Waals surface area contributed by atoms with Crippen LogP contribution in [0.4, 0.5) is 46.5 Å². The van der Waals surface area contributed by atoms with Crippen LogP contribution in [0.5, 0.6) is 0 Å². The number of pyridine rings is 6. The van der Waals surface area contributed by atoms with Crippen LogP contribution in [-0.4, -0.2) is 40.1 Å². The number of hydrogen-bond donors (Lipinski definition) is 4. The standard InChI is InChI=1S/2C15H13N5.2NO3.Ni/c2*1-3-10-16-12(6-1)18-14-8-5-9-15(20-14)19-13-7-2-4-11-17-13;2*2-1(3)4;/h2*1-11H,(H2,16,17,18,19,20);;;/q;;2*-1;+2. The molecule has 0 unspecified atom stereocenters. The first-order chi connectivity index (χ1) is 23.3. The SMILES string of the molecule is O=[N+]([O-])[O-].O=[N+]([O-])[O-].[Ni+2].c1ccc(Nc2cccc(Nc3ccccn3)n2)nc1.c1ccc(Nc2cccc(Nc3ccccn3)n2)nc1. The second kappa shape index (κ2) is 21.7. The van der Waals surface area contributed by atoms with Gasteiger partial charge in [0.25, 0.3) is 0 Å². The Morgan fingerprint density at radius 2 is 0.571 bits per heavy atom. The number of nitrogens with one attached hydrogen (secondary N) is 4. The Hall–Kier alpha value is -7.01. The van der Waals surface area contributed by atoms with E-state index in [9.17, 15) is 0 Å². The van der Waals surface area contributed by atoms with Crippen LogP contribution in [0.3, 0.4) is 0 Å². The van der Waals surface area contributed by atoms with Gasteiger partial charge in [-0.2, -0.15) is 0 Å². The van der Waals surface area contributed by atoms with Crippen LogP contribution in [0.25, 0.3) is 0 Å². The maximum Gasteiger partial charge on any atom is 2.00 e.